The third-order valence-corrected chi connectivity index (χ3v) is 3.22. The summed E-state index contributed by atoms with van der Waals surface area (Å²) in [7, 11) is 1.59. The second-order valence-electron chi connectivity index (χ2n) is 4.91. The van der Waals surface area contributed by atoms with Crippen LogP contribution < -0.4 is 4.74 Å². The molecule has 1 aliphatic heterocycles. The van der Waals surface area contributed by atoms with Gasteiger partial charge < -0.3 is 19.1 Å². The molecule has 0 saturated carbocycles. The van der Waals surface area contributed by atoms with Crippen molar-refractivity contribution >= 4 is 11.9 Å². The highest BCUT2D eigenvalue weighted by atomic mass is 16.6. The van der Waals surface area contributed by atoms with Crippen molar-refractivity contribution in [3.05, 3.63) is 29.8 Å². The Kier molecular flexibility index (Phi) is 4.80. The Bertz CT molecular complexity index is 513. The molecule has 1 amide bonds. The van der Waals surface area contributed by atoms with Crippen molar-refractivity contribution in [2.45, 2.75) is 32.6 Å². The summed E-state index contributed by atoms with van der Waals surface area (Å²) in [5, 5.41) is 0. The lowest BCUT2D eigenvalue weighted by Crippen LogP contribution is -2.37. The second-order valence-corrected chi connectivity index (χ2v) is 4.91. The van der Waals surface area contributed by atoms with Crippen LogP contribution in [0.25, 0.3) is 0 Å². The van der Waals surface area contributed by atoms with Crippen LogP contribution >= 0.6 is 0 Å². The van der Waals surface area contributed by atoms with Gasteiger partial charge in [-0.1, -0.05) is 12.1 Å². The molecule has 2 atom stereocenters. The monoisotopic (exact) mass is 293 g/mol. The largest absolute Gasteiger partial charge is 0.497 e. The first kappa shape index (κ1) is 15.3. The van der Waals surface area contributed by atoms with E-state index < -0.39 is 12.1 Å². The molecule has 1 heterocycles. The number of benzene rings is 1. The van der Waals surface area contributed by atoms with Crippen LogP contribution in [-0.2, 0) is 25.6 Å². The predicted molar refractivity (Wildman–Crippen MR) is 74.5 cm³/mol. The molecule has 0 radical (unpaired) electrons. The van der Waals surface area contributed by atoms with Crippen LogP contribution in [0.15, 0.2) is 24.3 Å². The maximum atomic E-state index is 12.2. The first-order chi connectivity index (χ1) is 10.0. The maximum absolute atomic E-state index is 12.2. The van der Waals surface area contributed by atoms with Gasteiger partial charge in [-0.3, -0.25) is 9.59 Å². The van der Waals surface area contributed by atoms with Gasteiger partial charge in [0.05, 0.1) is 13.2 Å². The molecule has 0 aromatic heterocycles. The van der Waals surface area contributed by atoms with Crippen molar-refractivity contribution in [1.82, 2.24) is 4.90 Å². The van der Waals surface area contributed by atoms with E-state index in [1.165, 1.54) is 11.8 Å². The van der Waals surface area contributed by atoms with Crippen molar-refractivity contribution < 1.29 is 23.8 Å². The summed E-state index contributed by atoms with van der Waals surface area (Å²) in [5.74, 6) is 0.155. The lowest BCUT2D eigenvalue weighted by Gasteiger charge is -2.21. The summed E-state index contributed by atoms with van der Waals surface area (Å²) < 4.78 is 15.2. The molecule has 1 saturated heterocycles. The molecule has 6 heteroatoms. The Morgan fingerprint density at radius 2 is 1.90 bits per heavy atom. The number of hydrogen-bond donors (Lipinski definition) is 0. The van der Waals surface area contributed by atoms with E-state index in [0.717, 1.165) is 11.3 Å². The van der Waals surface area contributed by atoms with Gasteiger partial charge >= 0.3 is 5.97 Å². The van der Waals surface area contributed by atoms with Crippen molar-refractivity contribution in [2.75, 3.05) is 13.8 Å². The number of carbonyl (C=O) groups excluding carboxylic acids is 2. The fourth-order valence-electron chi connectivity index (χ4n) is 1.93. The number of epoxide rings is 1. The van der Waals surface area contributed by atoms with E-state index in [1.807, 2.05) is 31.2 Å². The quantitative estimate of drug-likeness (QED) is 0.450. The van der Waals surface area contributed by atoms with Gasteiger partial charge in [0.15, 0.2) is 12.8 Å². The van der Waals surface area contributed by atoms with Crippen molar-refractivity contribution in [1.29, 1.82) is 0 Å². The minimum atomic E-state index is -0.432. The molecule has 0 spiro atoms. The summed E-state index contributed by atoms with van der Waals surface area (Å²) >= 11 is 0. The SMILES string of the molecule is COc1ccc(CN(COC(C)=O)C(=O)[C@@H]2O[C@@H]2C)cc1. The van der Waals surface area contributed by atoms with Gasteiger partial charge in [-0.2, -0.15) is 0 Å². The smallest absolute Gasteiger partial charge is 0.304 e. The van der Waals surface area contributed by atoms with Crippen molar-refractivity contribution in [3.63, 3.8) is 0 Å². The van der Waals surface area contributed by atoms with E-state index in [-0.39, 0.29) is 18.7 Å². The van der Waals surface area contributed by atoms with Crippen LogP contribution in [0.5, 0.6) is 5.75 Å². The number of nitrogens with zero attached hydrogens (tertiary/aromatic N) is 1. The van der Waals surface area contributed by atoms with Gasteiger partial charge in [0, 0.05) is 13.5 Å². The Balaban J connectivity index is 2.02. The molecule has 0 N–H and O–H groups in total. The van der Waals surface area contributed by atoms with Gasteiger partial charge in [0.1, 0.15) is 5.75 Å². The van der Waals surface area contributed by atoms with Crippen LogP contribution in [0.1, 0.15) is 19.4 Å². The molecule has 1 aliphatic rings. The summed E-state index contributed by atoms with van der Waals surface area (Å²) in [6.07, 6.45) is -0.507. The molecule has 0 aliphatic carbocycles. The Morgan fingerprint density at radius 3 is 2.38 bits per heavy atom. The van der Waals surface area contributed by atoms with Gasteiger partial charge in [0.2, 0.25) is 0 Å². The molecular formula is C15H19NO5. The average molecular weight is 293 g/mol. The van der Waals surface area contributed by atoms with Crippen molar-refractivity contribution in [2.24, 2.45) is 0 Å². The summed E-state index contributed by atoms with van der Waals surface area (Å²) in [6, 6.07) is 7.37. The van der Waals surface area contributed by atoms with E-state index in [1.54, 1.807) is 7.11 Å². The molecule has 0 bridgehead atoms. The summed E-state index contributed by atoms with van der Waals surface area (Å²) in [6.45, 7) is 3.42. The molecular weight excluding hydrogens is 274 g/mol. The van der Waals surface area contributed by atoms with Gasteiger partial charge in [-0.25, -0.2) is 0 Å². The van der Waals surface area contributed by atoms with E-state index in [0.29, 0.717) is 6.54 Å². The number of ether oxygens (including phenoxy) is 3. The topological polar surface area (TPSA) is 68.4 Å². The van der Waals surface area contributed by atoms with Crippen LogP contribution in [0, 0.1) is 0 Å². The molecule has 21 heavy (non-hydrogen) atoms. The lowest BCUT2D eigenvalue weighted by atomic mass is 10.2. The van der Waals surface area contributed by atoms with Gasteiger partial charge in [-0.05, 0) is 24.6 Å². The zero-order valence-corrected chi connectivity index (χ0v) is 12.4. The van der Waals surface area contributed by atoms with Gasteiger partial charge in [0.25, 0.3) is 5.91 Å². The maximum Gasteiger partial charge on any atom is 0.304 e. The standard InChI is InChI=1S/C15H19NO5/c1-10-14(21-10)15(18)16(9-20-11(2)17)8-12-4-6-13(19-3)7-5-12/h4-7,10,14H,8-9H2,1-3H3/t10-,14-/m1/s1. The van der Waals surface area contributed by atoms with Crippen LogP contribution in [0.3, 0.4) is 0 Å². The minimum Gasteiger partial charge on any atom is -0.497 e. The third kappa shape index (κ3) is 4.19. The Labute approximate surface area is 123 Å². The normalized spacial score (nSPS) is 19.8. The molecule has 6 nitrogen and oxygen atoms in total. The van der Waals surface area contributed by atoms with E-state index >= 15 is 0 Å². The fourth-order valence-corrected chi connectivity index (χ4v) is 1.93. The first-order valence-corrected chi connectivity index (χ1v) is 6.72. The highest BCUT2D eigenvalue weighted by molar-refractivity contribution is 5.83. The minimum absolute atomic E-state index is 0.0757. The molecule has 2 rings (SSSR count). The zero-order chi connectivity index (χ0) is 15.4. The van der Waals surface area contributed by atoms with E-state index in [9.17, 15) is 9.59 Å². The number of carbonyl (C=O) groups is 2. The number of methoxy groups -OCH3 is 1. The van der Waals surface area contributed by atoms with Crippen LogP contribution in [0.4, 0.5) is 0 Å². The average Bonchev–Trinajstić information content (AvgIpc) is 3.20. The lowest BCUT2D eigenvalue weighted by molar-refractivity contribution is -0.152. The summed E-state index contributed by atoms with van der Waals surface area (Å²) in [5.41, 5.74) is 0.921. The van der Waals surface area contributed by atoms with Crippen molar-refractivity contribution in [3.8, 4) is 5.75 Å². The molecule has 0 unspecified atom stereocenters. The molecule has 1 aromatic rings. The molecule has 1 fully saturated rings. The summed E-state index contributed by atoms with van der Waals surface area (Å²) in [4.78, 5) is 24.7. The number of rotatable bonds is 6. The molecule has 1 aromatic carbocycles. The Morgan fingerprint density at radius 1 is 1.29 bits per heavy atom. The van der Waals surface area contributed by atoms with E-state index in [4.69, 9.17) is 14.2 Å². The van der Waals surface area contributed by atoms with Crippen LogP contribution in [-0.4, -0.2) is 42.8 Å². The Hall–Kier alpha value is -2.08. The van der Waals surface area contributed by atoms with E-state index in [2.05, 4.69) is 0 Å². The predicted octanol–water partition coefficient (Wildman–Crippen LogP) is 1.33. The second kappa shape index (κ2) is 6.58. The van der Waals surface area contributed by atoms with Crippen LogP contribution in [0.2, 0.25) is 0 Å². The number of esters is 1. The zero-order valence-electron chi connectivity index (χ0n) is 12.4. The molecule has 114 valence electrons. The number of hydrogen-bond acceptors (Lipinski definition) is 5. The highest BCUT2D eigenvalue weighted by Gasteiger charge is 2.43. The number of amides is 1. The van der Waals surface area contributed by atoms with Gasteiger partial charge in [-0.15, -0.1) is 0 Å². The third-order valence-electron chi connectivity index (χ3n) is 3.22. The first-order valence-electron chi connectivity index (χ1n) is 6.72. The fraction of sp³-hybridized carbons (Fsp3) is 0.467. The highest BCUT2D eigenvalue weighted by Crippen LogP contribution is 2.24.